The molecule has 0 saturated carbocycles. The molecule has 0 aliphatic carbocycles. The minimum absolute atomic E-state index is 0.268. The largest absolute Gasteiger partial charge is 0.422 e. The number of hydrogen-bond donors (Lipinski definition) is 0. The van der Waals surface area contributed by atoms with Crippen LogP contribution in [0.2, 0.25) is 10.0 Å². The lowest BCUT2D eigenvalue weighted by molar-refractivity contribution is 0.0708. The Kier molecular flexibility index (Phi) is 7.08. The quantitative estimate of drug-likeness (QED) is 0.159. The number of hydrazone groups is 1. The van der Waals surface area contributed by atoms with Crippen molar-refractivity contribution in [2.24, 2.45) is 5.10 Å². The van der Waals surface area contributed by atoms with Crippen LogP contribution in [0.5, 0.6) is 5.75 Å². The first-order chi connectivity index (χ1) is 19.5. The van der Waals surface area contributed by atoms with Crippen LogP contribution in [0, 0.1) is 0 Å². The summed E-state index contributed by atoms with van der Waals surface area (Å²) in [6.45, 7) is 0. The highest BCUT2D eigenvalue weighted by Gasteiger charge is 2.36. The van der Waals surface area contributed by atoms with E-state index in [1.807, 2.05) is 66.7 Å². The van der Waals surface area contributed by atoms with Gasteiger partial charge in [-0.05, 0) is 53.4 Å². The standard InChI is InChI=1S/C33H22Cl2N2O3/c34-24-16-18-26(28(35)19-24)30-20-29(36-37(30)32(38)22-10-3-1-4-11-22)27-17-15-21-9-7-8-14-25(21)31(27)40-33(39)23-12-5-2-6-13-23/h1-19,30H,20H2. The maximum Gasteiger partial charge on any atom is 0.343 e. The Hall–Kier alpha value is -4.45. The molecule has 0 N–H and O–H groups in total. The van der Waals surface area contributed by atoms with Crippen LogP contribution in [0.4, 0.5) is 0 Å². The van der Waals surface area contributed by atoms with Crippen LogP contribution in [-0.2, 0) is 0 Å². The fourth-order valence-electron chi connectivity index (χ4n) is 4.89. The fourth-order valence-corrected chi connectivity index (χ4v) is 5.43. The van der Waals surface area contributed by atoms with Gasteiger partial charge in [0.2, 0.25) is 0 Å². The molecule has 1 aliphatic rings. The highest BCUT2D eigenvalue weighted by atomic mass is 35.5. The van der Waals surface area contributed by atoms with Crippen molar-refractivity contribution in [3.05, 3.63) is 148 Å². The second kappa shape index (κ2) is 11.0. The van der Waals surface area contributed by atoms with Gasteiger partial charge in [-0.1, -0.05) is 96.0 Å². The third-order valence-electron chi connectivity index (χ3n) is 6.86. The van der Waals surface area contributed by atoms with Crippen LogP contribution >= 0.6 is 23.2 Å². The van der Waals surface area contributed by atoms with Gasteiger partial charge in [-0.3, -0.25) is 4.79 Å². The van der Waals surface area contributed by atoms with E-state index in [4.69, 9.17) is 33.0 Å². The predicted molar refractivity (Wildman–Crippen MR) is 158 cm³/mol. The van der Waals surface area contributed by atoms with Crippen LogP contribution in [0.1, 0.15) is 44.3 Å². The molecule has 5 nitrogen and oxygen atoms in total. The predicted octanol–water partition coefficient (Wildman–Crippen LogP) is 8.36. The molecule has 0 fully saturated rings. The first-order valence-corrected chi connectivity index (χ1v) is 13.5. The summed E-state index contributed by atoms with van der Waals surface area (Å²) < 4.78 is 6.05. The molecule has 6 rings (SSSR count). The normalized spacial score (nSPS) is 14.7. The highest BCUT2D eigenvalue weighted by molar-refractivity contribution is 6.35. The molecule has 0 saturated heterocycles. The zero-order valence-electron chi connectivity index (χ0n) is 21.1. The third kappa shape index (κ3) is 4.97. The van der Waals surface area contributed by atoms with E-state index in [1.165, 1.54) is 5.01 Å². The SMILES string of the molecule is O=C(Oc1c(C2=NN(C(=O)c3ccccc3)C(c3ccc(Cl)cc3Cl)C2)ccc2ccccc12)c1ccccc1. The Morgan fingerprint density at radius 1 is 0.775 bits per heavy atom. The topological polar surface area (TPSA) is 59.0 Å². The lowest BCUT2D eigenvalue weighted by Crippen LogP contribution is -2.27. The second-order valence-electron chi connectivity index (χ2n) is 9.37. The van der Waals surface area contributed by atoms with Crippen molar-refractivity contribution in [1.82, 2.24) is 5.01 Å². The summed E-state index contributed by atoms with van der Waals surface area (Å²) in [7, 11) is 0. The van der Waals surface area contributed by atoms with E-state index in [0.29, 0.717) is 44.6 Å². The van der Waals surface area contributed by atoms with Crippen molar-refractivity contribution in [2.45, 2.75) is 12.5 Å². The Morgan fingerprint density at radius 3 is 2.17 bits per heavy atom. The van der Waals surface area contributed by atoms with Crippen molar-refractivity contribution in [3.8, 4) is 5.75 Å². The molecular weight excluding hydrogens is 543 g/mol. The first kappa shape index (κ1) is 25.8. The maximum absolute atomic E-state index is 13.7. The van der Waals surface area contributed by atoms with E-state index >= 15 is 0 Å². The lowest BCUT2D eigenvalue weighted by atomic mass is 9.95. The van der Waals surface area contributed by atoms with Crippen molar-refractivity contribution in [3.63, 3.8) is 0 Å². The molecule has 5 aromatic rings. The molecule has 0 radical (unpaired) electrons. The second-order valence-corrected chi connectivity index (χ2v) is 10.2. The number of benzene rings is 5. The number of amides is 1. The summed E-state index contributed by atoms with van der Waals surface area (Å²) in [6.07, 6.45) is 0.355. The van der Waals surface area contributed by atoms with E-state index < -0.39 is 12.0 Å². The van der Waals surface area contributed by atoms with Crippen molar-refractivity contribution in [2.75, 3.05) is 0 Å². The minimum Gasteiger partial charge on any atom is -0.422 e. The Labute approximate surface area is 241 Å². The van der Waals surface area contributed by atoms with Crippen LogP contribution in [-0.4, -0.2) is 22.6 Å². The minimum atomic E-state index is -0.489. The maximum atomic E-state index is 13.7. The summed E-state index contributed by atoms with van der Waals surface area (Å²) in [5.74, 6) is -0.359. The highest BCUT2D eigenvalue weighted by Crippen LogP contribution is 2.41. The number of hydrogen-bond acceptors (Lipinski definition) is 4. The number of esters is 1. The monoisotopic (exact) mass is 564 g/mol. The van der Waals surface area contributed by atoms with Crippen molar-refractivity contribution < 1.29 is 14.3 Å². The van der Waals surface area contributed by atoms with Gasteiger partial charge in [-0.25, -0.2) is 9.80 Å². The van der Waals surface area contributed by atoms with Gasteiger partial charge in [0.1, 0.15) is 5.75 Å². The first-order valence-electron chi connectivity index (χ1n) is 12.7. The molecular formula is C33H22Cl2N2O3. The summed E-state index contributed by atoms with van der Waals surface area (Å²) in [5.41, 5.74) is 2.87. The number of ether oxygens (including phenoxy) is 1. The van der Waals surface area contributed by atoms with E-state index in [9.17, 15) is 9.59 Å². The summed E-state index contributed by atoms with van der Waals surface area (Å²) in [5, 5.41) is 8.89. The number of carbonyl (C=O) groups is 2. The molecule has 1 aliphatic heterocycles. The number of carbonyl (C=O) groups excluding carboxylic acids is 2. The third-order valence-corrected chi connectivity index (χ3v) is 7.42. The van der Waals surface area contributed by atoms with Crippen LogP contribution in [0.15, 0.2) is 120 Å². The van der Waals surface area contributed by atoms with Gasteiger partial charge < -0.3 is 4.74 Å². The van der Waals surface area contributed by atoms with Crippen LogP contribution in [0.3, 0.4) is 0 Å². The van der Waals surface area contributed by atoms with E-state index in [1.54, 1.807) is 48.5 Å². The van der Waals surface area contributed by atoms with E-state index in [0.717, 1.165) is 16.3 Å². The molecule has 196 valence electrons. The zero-order valence-corrected chi connectivity index (χ0v) is 22.6. The van der Waals surface area contributed by atoms with Gasteiger partial charge >= 0.3 is 5.97 Å². The molecule has 7 heteroatoms. The smallest absolute Gasteiger partial charge is 0.343 e. The van der Waals surface area contributed by atoms with Gasteiger partial charge in [0.25, 0.3) is 5.91 Å². The van der Waals surface area contributed by atoms with Gasteiger partial charge in [0.15, 0.2) is 0 Å². The Morgan fingerprint density at radius 2 is 1.45 bits per heavy atom. The summed E-state index contributed by atoms with van der Waals surface area (Å²) in [6, 6.07) is 34.0. The van der Waals surface area contributed by atoms with Gasteiger partial charge in [-0.2, -0.15) is 5.10 Å². The summed E-state index contributed by atoms with van der Waals surface area (Å²) in [4.78, 5) is 26.9. The van der Waals surface area contributed by atoms with Crippen molar-refractivity contribution in [1.29, 1.82) is 0 Å². The number of fused-ring (bicyclic) bond motifs is 1. The molecule has 0 spiro atoms. The molecule has 1 unspecified atom stereocenters. The zero-order chi connectivity index (χ0) is 27.6. The molecule has 0 aromatic heterocycles. The molecule has 1 amide bonds. The number of halogens is 2. The molecule has 1 heterocycles. The number of rotatable bonds is 5. The lowest BCUT2D eigenvalue weighted by Gasteiger charge is -2.23. The van der Waals surface area contributed by atoms with Gasteiger partial charge in [0, 0.05) is 33.0 Å². The molecule has 1 atom stereocenters. The molecule has 40 heavy (non-hydrogen) atoms. The average Bonchev–Trinajstić information content (AvgIpc) is 3.42. The van der Waals surface area contributed by atoms with E-state index in [2.05, 4.69) is 0 Å². The van der Waals surface area contributed by atoms with Crippen LogP contribution < -0.4 is 4.74 Å². The van der Waals surface area contributed by atoms with Gasteiger partial charge in [0.05, 0.1) is 17.3 Å². The van der Waals surface area contributed by atoms with Crippen molar-refractivity contribution >= 4 is 51.6 Å². The number of nitrogens with zero attached hydrogens (tertiary/aromatic N) is 2. The fraction of sp³-hybridized carbons (Fsp3) is 0.0606. The molecule has 0 bridgehead atoms. The molecule has 5 aromatic carbocycles. The van der Waals surface area contributed by atoms with E-state index in [-0.39, 0.29) is 5.91 Å². The Balaban J connectivity index is 1.47. The van der Waals surface area contributed by atoms with Gasteiger partial charge in [-0.15, -0.1) is 0 Å². The van der Waals surface area contributed by atoms with Crippen LogP contribution in [0.25, 0.3) is 10.8 Å². The summed E-state index contributed by atoms with van der Waals surface area (Å²) >= 11 is 12.8. The average molecular weight is 565 g/mol. The Bertz CT molecular complexity index is 1770.